The van der Waals surface area contributed by atoms with Gasteiger partial charge in [-0.1, -0.05) is 6.92 Å². The van der Waals surface area contributed by atoms with Gasteiger partial charge in [0.1, 0.15) is 5.69 Å². The smallest absolute Gasteiger partial charge is 0.267 e. The monoisotopic (exact) mass is 321 g/mol. The van der Waals surface area contributed by atoms with E-state index in [-0.39, 0.29) is 5.91 Å². The predicted molar refractivity (Wildman–Crippen MR) is 69.0 cm³/mol. The van der Waals surface area contributed by atoms with Crippen LogP contribution in [0.4, 0.5) is 0 Å². The average molecular weight is 321 g/mol. The van der Waals surface area contributed by atoms with Crippen molar-refractivity contribution >= 4 is 28.5 Å². The third-order valence-electron chi connectivity index (χ3n) is 1.91. The highest BCUT2D eigenvalue weighted by Crippen LogP contribution is 2.05. The Morgan fingerprint density at radius 3 is 2.87 bits per heavy atom. The van der Waals surface area contributed by atoms with Gasteiger partial charge in [0.05, 0.1) is 0 Å². The summed E-state index contributed by atoms with van der Waals surface area (Å²) in [7, 11) is 0. The molecule has 5 heteroatoms. The Bertz CT molecular complexity index is 311. The topological polar surface area (TPSA) is 56.9 Å². The van der Waals surface area contributed by atoms with Crippen LogP contribution in [0.15, 0.2) is 12.3 Å². The Labute approximate surface area is 103 Å². The summed E-state index contributed by atoms with van der Waals surface area (Å²) in [5, 5.41) is 6.06. The van der Waals surface area contributed by atoms with Gasteiger partial charge in [-0.25, -0.2) is 0 Å². The van der Waals surface area contributed by atoms with Crippen molar-refractivity contribution in [2.24, 2.45) is 0 Å². The lowest BCUT2D eigenvalue weighted by Crippen LogP contribution is -2.32. The van der Waals surface area contributed by atoms with Gasteiger partial charge in [0.15, 0.2) is 0 Å². The van der Waals surface area contributed by atoms with E-state index in [1.54, 1.807) is 0 Å². The quantitative estimate of drug-likeness (QED) is 0.547. The van der Waals surface area contributed by atoms with Crippen LogP contribution >= 0.6 is 22.6 Å². The van der Waals surface area contributed by atoms with E-state index < -0.39 is 0 Å². The second-order valence-corrected chi connectivity index (χ2v) is 4.48. The Morgan fingerprint density at radius 1 is 1.47 bits per heavy atom. The van der Waals surface area contributed by atoms with Gasteiger partial charge in [0.25, 0.3) is 5.91 Å². The molecule has 3 N–H and O–H groups in total. The highest BCUT2D eigenvalue weighted by atomic mass is 127. The number of nitrogens with one attached hydrogen (secondary N) is 3. The van der Waals surface area contributed by atoms with Crippen LogP contribution in [0.3, 0.4) is 0 Å². The number of carbonyl (C=O) groups excluding carboxylic acids is 1. The SMILES string of the molecule is CCCNCCNC(=O)c1cc(I)c[nH]1. The van der Waals surface area contributed by atoms with Crippen molar-refractivity contribution in [3.8, 4) is 0 Å². The third-order valence-corrected chi connectivity index (χ3v) is 2.53. The van der Waals surface area contributed by atoms with E-state index in [0.717, 1.165) is 23.1 Å². The number of aromatic amines is 1. The molecule has 84 valence electrons. The molecule has 0 radical (unpaired) electrons. The van der Waals surface area contributed by atoms with Gasteiger partial charge in [-0.3, -0.25) is 4.79 Å². The molecule has 0 atom stereocenters. The molecule has 0 aliphatic heterocycles. The lowest BCUT2D eigenvalue weighted by molar-refractivity contribution is 0.0949. The molecular weight excluding hydrogens is 305 g/mol. The Kier molecular flexibility index (Phi) is 5.70. The van der Waals surface area contributed by atoms with E-state index in [0.29, 0.717) is 12.2 Å². The Balaban J connectivity index is 2.19. The Morgan fingerprint density at radius 2 is 2.27 bits per heavy atom. The molecule has 1 heterocycles. The number of hydrogen-bond donors (Lipinski definition) is 3. The van der Waals surface area contributed by atoms with Gasteiger partial charge in [0.2, 0.25) is 0 Å². The molecular formula is C10H16IN3O. The second kappa shape index (κ2) is 6.84. The van der Waals surface area contributed by atoms with Crippen molar-refractivity contribution < 1.29 is 4.79 Å². The van der Waals surface area contributed by atoms with Crippen LogP contribution in [-0.4, -0.2) is 30.5 Å². The summed E-state index contributed by atoms with van der Waals surface area (Å²) < 4.78 is 1.04. The van der Waals surface area contributed by atoms with E-state index in [1.165, 1.54) is 0 Å². The zero-order valence-corrected chi connectivity index (χ0v) is 10.9. The second-order valence-electron chi connectivity index (χ2n) is 3.24. The molecule has 1 aromatic rings. The van der Waals surface area contributed by atoms with Gasteiger partial charge in [-0.2, -0.15) is 0 Å². The first-order chi connectivity index (χ1) is 7.24. The summed E-state index contributed by atoms with van der Waals surface area (Å²) in [4.78, 5) is 14.4. The Hall–Kier alpha value is -0.560. The molecule has 4 nitrogen and oxygen atoms in total. The molecule has 0 fully saturated rings. The standard InChI is InChI=1S/C10H16IN3O/c1-2-3-12-4-5-13-10(15)9-6-8(11)7-14-9/h6-7,12,14H,2-5H2,1H3,(H,13,15). The fourth-order valence-electron chi connectivity index (χ4n) is 1.16. The highest BCUT2D eigenvalue weighted by molar-refractivity contribution is 14.1. The molecule has 1 amide bonds. The molecule has 0 bridgehead atoms. The molecule has 1 aromatic heterocycles. The van der Waals surface area contributed by atoms with Crippen molar-refractivity contribution in [1.82, 2.24) is 15.6 Å². The van der Waals surface area contributed by atoms with Crippen molar-refractivity contribution in [3.63, 3.8) is 0 Å². The van der Waals surface area contributed by atoms with E-state index in [2.05, 4.69) is 45.1 Å². The summed E-state index contributed by atoms with van der Waals surface area (Å²) in [6.45, 7) is 4.59. The largest absolute Gasteiger partial charge is 0.356 e. The van der Waals surface area contributed by atoms with Gasteiger partial charge in [-0.05, 0) is 41.6 Å². The maximum Gasteiger partial charge on any atom is 0.267 e. The number of carbonyl (C=O) groups is 1. The fraction of sp³-hybridized carbons (Fsp3) is 0.500. The van der Waals surface area contributed by atoms with Crippen LogP contribution in [0.5, 0.6) is 0 Å². The molecule has 0 aliphatic carbocycles. The summed E-state index contributed by atoms with van der Waals surface area (Å²) >= 11 is 2.17. The highest BCUT2D eigenvalue weighted by Gasteiger charge is 2.05. The molecule has 0 saturated carbocycles. The minimum absolute atomic E-state index is 0.0452. The van der Waals surface area contributed by atoms with Crippen LogP contribution in [0, 0.1) is 3.57 Å². The normalized spacial score (nSPS) is 10.3. The van der Waals surface area contributed by atoms with Gasteiger partial charge in [-0.15, -0.1) is 0 Å². The maximum atomic E-state index is 11.5. The third kappa shape index (κ3) is 4.65. The fourth-order valence-corrected chi connectivity index (χ4v) is 1.63. The molecule has 0 unspecified atom stereocenters. The minimum atomic E-state index is -0.0452. The number of halogens is 1. The lowest BCUT2D eigenvalue weighted by atomic mass is 10.4. The van der Waals surface area contributed by atoms with E-state index in [4.69, 9.17) is 0 Å². The lowest BCUT2D eigenvalue weighted by Gasteiger charge is -2.04. The number of aromatic nitrogens is 1. The zero-order chi connectivity index (χ0) is 11.1. The first-order valence-corrected chi connectivity index (χ1v) is 6.14. The van der Waals surface area contributed by atoms with Crippen LogP contribution in [0.1, 0.15) is 23.8 Å². The molecule has 0 saturated heterocycles. The maximum absolute atomic E-state index is 11.5. The van der Waals surface area contributed by atoms with Gasteiger partial charge >= 0.3 is 0 Å². The first-order valence-electron chi connectivity index (χ1n) is 5.07. The van der Waals surface area contributed by atoms with Crippen LogP contribution in [0.2, 0.25) is 0 Å². The van der Waals surface area contributed by atoms with Crippen molar-refractivity contribution in [1.29, 1.82) is 0 Å². The van der Waals surface area contributed by atoms with Crippen molar-refractivity contribution in [2.75, 3.05) is 19.6 Å². The summed E-state index contributed by atoms with van der Waals surface area (Å²) in [6.07, 6.45) is 2.92. The number of hydrogen-bond acceptors (Lipinski definition) is 2. The summed E-state index contributed by atoms with van der Waals surface area (Å²) in [5.41, 5.74) is 0.620. The van der Waals surface area contributed by atoms with E-state index in [1.807, 2.05) is 12.3 Å². The molecule has 0 spiro atoms. The molecule has 0 aliphatic rings. The average Bonchev–Trinajstić information content (AvgIpc) is 2.64. The van der Waals surface area contributed by atoms with Crippen LogP contribution in [-0.2, 0) is 0 Å². The van der Waals surface area contributed by atoms with Gasteiger partial charge in [0, 0.05) is 22.9 Å². The zero-order valence-electron chi connectivity index (χ0n) is 8.77. The molecule has 15 heavy (non-hydrogen) atoms. The molecule has 1 rings (SSSR count). The minimum Gasteiger partial charge on any atom is -0.356 e. The predicted octanol–water partition coefficient (Wildman–Crippen LogP) is 1.35. The van der Waals surface area contributed by atoms with E-state index in [9.17, 15) is 4.79 Å². The number of rotatable bonds is 6. The van der Waals surface area contributed by atoms with Crippen molar-refractivity contribution in [2.45, 2.75) is 13.3 Å². The van der Waals surface area contributed by atoms with Crippen LogP contribution < -0.4 is 10.6 Å². The first kappa shape index (κ1) is 12.5. The number of H-pyrrole nitrogens is 1. The number of amides is 1. The molecule has 0 aromatic carbocycles. The van der Waals surface area contributed by atoms with Crippen molar-refractivity contribution in [3.05, 3.63) is 21.5 Å². The summed E-state index contributed by atoms with van der Waals surface area (Å²) in [6, 6.07) is 1.83. The van der Waals surface area contributed by atoms with Crippen LogP contribution in [0.25, 0.3) is 0 Å². The van der Waals surface area contributed by atoms with Gasteiger partial charge < -0.3 is 15.6 Å². The summed E-state index contributed by atoms with van der Waals surface area (Å²) in [5.74, 6) is -0.0452. The van der Waals surface area contributed by atoms with E-state index >= 15 is 0 Å².